The van der Waals surface area contributed by atoms with Gasteiger partial charge < -0.3 is 35.0 Å². The molecule has 1 saturated carbocycles. The van der Waals surface area contributed by atoms with E-state index >= 15 is 0 Å². The molecule has 4 atom stereocenters. The maximum atomic E-state index is 14.3. The molecule has 11 nitrogen and oxygen atoms in total. The number of fused-ring (bicyclic) bond motifs is 1. The second-order valence-electron chi connectivity index (χ2n) is 12.9. The van der Waals surface area contributed by atoms with Crippen molar-refractivity contribution in [1.29, 1.82) is 0 Å². The van der Waals surface area contributed by atoms with Crippen LogP contribution in [0.15, 0.2) is 42.7 Å². The number of urea groups is 1. The molecule has 2 heterocycles. The number of hydrogen-bond donors (Lipinski definition) is 3. The lowest BCUT2D eigenvalue weighted by Crippen LogP contribution is -2.50. The van der Waals surface area contributed by atoms with Gasteiger partial charge in [-0.1, -0.05) is 26.2 Å². The Morgan fingerprint density at radius 1 is 1.07 bits per heavy atom. The predicted molar refractivity (Wildman–Crippen MR) is 177 cm³/mol. The lowest BCUT2D eigenvalue weighted by atomic mass is 9.96. The van der Waals surface area contributed by atoms with Crippen LogP contribution in [0.2, 0.25) is 0 Å². The monoisotopic (exact) mass is 637 g/mol. The van der Waals surface area contributed by atoms with E-state index < -0.39 is 6.04 Å². The summed E-state index contributed by atoms with van der Waals surface area (Å²) in [5.74, 6) is -0.388. The zero-order valence-electron chi connectivity index (χ0n) is 27.7. The number of aliphatic hydroxyl groups excluding tert-OH is 1. The Bertz CT molecular complexity index is 1290. The number of pyridine rings is 1. The molecule has 1 aromatic carbocycles. The largest absolute Gasteiger partial charge is 0.490 e. The topological polar surface area (TPSA) is 133 Å². The summed E-state index contributed by atoms with van der Waals surface area (Å²) in [7, 11) is 1.79. The van der Waals surface area contributed by atoms with Crippen molar-refractivity contribution in [3.05, 3.63) is 53.9 Å². The molecule has 0 spiro atoms. The molecule has 3 N–H and O–H groups in total. The average molecular weight is 638 g/mol. The van der Waals surface area contributed by atoms with Crippen LogP contribution in [-0.2, 0) is 4.74 Å². The molecular formula is C35H51N5O6. The Labute approximate surface area is 273 Å². The van der Waals surface area contributed by atoms with Gasteiger partial charge in [0.2, 0.25) is 0 Å². The van der Waals surface area contributed by atoms with Crippen LogP contribution in [0.25, 0.3) is 0 Å². The highest BCUT2D eigenvalue weighted by atomic mass is 16.5. The van der Waals surface area contributed by atoms with Gasteiger partial charge in [-0.25, -0.2) is 4.79 Å². The number of carbonyl (C=O) groups excluding carboxylic acids is 3. The molecule has 252 valence electrons. The SMILES string of the molecule is C[C@H](CO)N1C[C@H](C)[C@H](CN(C)C(=O)NC2CCCCC2)OCCCC[C@H](C)Oc2ccc(NC(=O)c3ccncc3)cc2C1=O. The molecular weight excluding hydrogens is 586 g/mol. The third-order valence-corrected chi connectivity index (χ3v) is 8.99. The highest BCUT2D eigenvalue weighted by molar-refractivity contribution is 6.05. The molecule has 1 aliphatic carbocycles. The Hall–Kier alpha value is -3.70. The fraction of sp³-hybridized carbons (Fsp3) is 0.600. The van der Waals surface area contributed by atoms with Crippen molar-refractivity contribution in [3.8, 4) is 5.75 Å². The molecule has 4 amide bonds. The van der Waals surface area contributed by atoms with Crippen LogP contribution in [-0.4, -0.2) is 95.4 Å². The van der Waals surface area contributed by atoms with E-state index in [1.165, 1.54) is 6.42 Å². The number of benzene rings is 1. The number of nitrogens with zero attached hydrogens (tertiary/aromatic N) is 3. The molecule has 0 saturated heterocycles. The molecule has 1 aliphatic heterocycles. The normalized spacial score (nSPS) is 22.5. The summed E-state index contributed by atoms with van der Waals surface area (Å²) in [6, 6.07) is 7.90. The van der Waals surface area contributed by atoms with E-state index in [2.05, 4.69) is 15.6 Å². The van der Waals surface area contributed by atoms with Crippen molar-refractivity contribution in [2.45, 2.75) is 96.4 Å². The summed E-state index contributed by atoms with van der Waals surface area (Å²) in [4.78, 5) is 47.6. The Balaban J connectivity index is 1.58. The summed E-state index contributed by atoms with van der Waals surface area (Å²) < 4.78 is 12.7. The van der Waals surface area contributed by atoms with Gasteiger partial charge in [-0.15, -0.1) is 0 Å². The first kappa shape index (κ1) is 35.2. The molecule has 0 unspecified atom stereocenters. The van der Waals surface area contributed by atoms with E-state index in [0.29, 0.717) is 35.7 Å². The Morgan fingerprint density at radius 2 is 1.78 bits per heavy atom. The van der Waals surface area contributed by atoms with Crippen molar-refractivity contribution in [1.82, 2.24) is 20.1 Å². The van der Waals surface area contributed by atoms with Gasteiger partial charge in [0.25, 0.3) is 11.8 Å². The zero-order chi connectivity index (χ0) is 33.1. The Morgan fingerprint density at radius 3 is 2.50 bits per heavy atom. The summed E-state index contributed by atoms with van der Waals surface area (Å²) in [6.07, 6.45) is 10.6. The number of anilines is 1. The third-order valence-electron chi connectivity index (χ3n) is 8.99. The summed E-state index contributed by atoms with van der Waals surface area (Å²) in [5, 5.41) is 16.3. The van der Waals surface area contributed by atoms with E-state index in [0.717, 1.165) is 44.9 Å². The number of rotatable bonds is 7. The van der Waals surface area contributed by atoms with Gasteiger partial charge >= 0.3 is 6.03 Å². The minimum absolute atomic E-state index is 0.111. The van der Waals surface area contributed by atoms with E-state index in [9.17, 15) is 19.5 Å². The number of ether oxygens (including phenoxy) is 2. The number of nitrogens with one attached hydrogen (secondary N) is 2. The van der Waals surface area contributed by atoms with E-state index in [4.69, 9.17) is 9.47 Å². The van der Waals surface area contributed by atoms with E-state index in [-0.39, 0.29) is 55.2 Å². The van der Waals surface area contributed by atoms with Crippen LogP contribution in [0.5, 0.6) is 5.75 Å². The number of hydrogen-bond acceptors (Lipinski definition) is 7. The van der Waals surface area contributed by atoms with Gasteiger partial charge in [0.1, 0.15) is 5.75 Å². The van der Waals surface area contributed by atoms with Crippen molar-refractivity contribution in [3.63, 3.8) is 0 Å². The first-order valence-corrected chi connectivity index (χ1v) is 16.7. The van der Waals surface area contributed by atoms with Gasteiger partial charge in [-0.3, -0.25) is 14.6 Å². The lowest BCUT2D eigenvalue weighted by Gasteiger charge is -2.36. The fourth-order valence-electron chi connectivity index (χ4n) is 6.05. The molecule has 2 aromatic rings. The molecule has 1 fully saturated rings. The maximum absolute atomic E-state index is 14.3. The van der Waals surface area contributed by atoms with Gasteiger partial charge in [0, 0.05) is 62.3 Å². The van der Waals surface area contributed by atoms with Crippen molar-refractivity contribution < 1.29 is 29.0 Å². The standard InChI is InChI=1S/C35H51N5O6/c1-24-21-40(25(2)23-41)34(43)30-20-29(37-33(42)27-15-17-36-18-16-27)13-14-31(30)46-26(3)10-8-9-19-45-32(24)22-39(4)35(44)38-28-11-6-5-7-12-28/h13-18,20,24-26,28,32,41H,5-12,19,21-23H2,1-4H3,(H,37,42)(H,38,44)/t24-,25+,26-,32-/m0/s1. The zero-order valence-corrected chi connectivity index (χ0v) is 27.7. The first-order valence-electron chi connectivity index (χ1n) is 16.7. The number of likely N-dealkylation sites (N-methyl/N-ethyl adjacent to an activating group) is 1. The second-order valence-corrected chi connectivity index (χ2v) is 12.9. The van der Waals surface area contributed by atoms with Crippen LogP contribution in [0.1, 0.15) is 92.9 Å². The summed E-state index contributed by atoms with van der Waals surface area (Å²) >= 11 is 0. The lowest BCUT2D eigenvalue weighted by molar-refractivity contribution is -0.0123. The van der Waals surface area contributed by atoms with Crippen LogP contribution in [0, 0.1) is 5.92 Å². The van der Waals surface area contributed by atoms with Crippen LogP contribution in [0.4, 0.5) is 10.5 Å². The predicted octanol–water partition coefficient (Wildman–Crippen LogP) is 5.10. The van der Waals surface area contributed by atoms with Gasteiger partial charge in [0.05, 0.1) is 30.4 Å². The quantitative estimate of drug-likeness (QED) is 0.385. The number of carbonyl (C=O) groups is 3. The highest BCUT2D eigenvalue weighted by Crippen LogP contribution is 2.29. The first-order chi connectivity index (χ1) is 22.2. The van der Waals surface area contributed by atoms with Gasteiger partial charge in [-0.2, -0.15) is 0 Å². The smallest absolute Gasteiger partial charge is 0.317 e. The van der Waals surface area contributed by atoms with Gasteiger partial charge in [0.15, 0.2) is 0 Å². The van der Waals surface area contributed by atoms with Crippen LogP contribution >= 0.6 is 0 Å². The minimum Gasteiger partial charge on any atom is -0.490 e. The molecule has 46 heavy (non-hydrogen) atoms. The van der Waals surface area contributed by atoms with Crippen molar-refractivity contribution in [2.75, 3.05) is 38.7 Å². The van der Waals surface area contributed by atoms with Gasteiger partial charge in [-0.05, 0) is 76.3 Å². The molecule has 1 aromatic heterocycles. The number of aliphatic hydroxyl groups is 1. The minimum atomic E-state index is -0.504. The second kappa shape index (κ2) is 17.3. The highest BCUT2D eigenvalue weighted by Gasteiger charge is 2.31. The number of amides is 4. The van der Waals surface area contributed by atoms with Crippen LogP contribution in [0.3, 0.4) is 0 Å². The summed E-state index contributed by atoms with van der Waals surface area (Å²) in [5.41, 5.74) is 1.19. The number of aromatic nitrogens is 1. The van der Waals surface area contributed by atoms with Crippen LogP contribution < -0.4 is 15.4 Å². The van der Waals surface area contributed by atoms with Crippen molar-refractivity contribution in [2.24, 2.45) is 5.92 Å². The third kappa shape index (κ3) is 9.90. The average Bonchev–Trinajstić information content (AvgIpc) is 3.06. The summed E-state index contributed by atoms with van der Waals surface area (Å²) in [6.45, 7) is 6.73. The van der Waals surface area contributed by atoms with Crippen molar-refractivity contribution >= 4 is 23.5 Å². The van der Waals surface area contributed by atoms with E-state index in [1.807, 2.05) is 13.8 Å². The molecule has 0 radical (unpaired) electrons. The Kier molecular flexibility index (Phi) is 13.2. The molecule has 4 rings (SSSR count). The van der Waals surface area contributed by atoms with E-state index in [1.54, 1.807) is 66.5 Å². The maximum Gasteiger partial charge on any atom is 0.317 e. The molecule has 2 aliphatic rings. The fourth-order valence-corrected chi connectivity index (χ4v) is 6.05. The molecule has 11 heteroatoms. The molecule has 0 bridgehead atoms.